The van der Waals surface area contributed by atoms with Crippen molar-refractivity contribution in [1.29, 1.82) is 0 Å². The zero-order chi connectivity index (χ0) is 13.7. The molecule has 0 spiro atoms. The number of hydrogen-bond acceptors (Lipinski definition) is 4. The third-order valence-corrected chi connectivity index (χ3v) is 3.26. The van der Waals surface area contributed by atoms with Crippen LogP contribution in [0, 0.1) is 5.92 Å². The number of amides is 1. The summed E-state index contributed by atoms with van der Waals surface area (Å²) < 4.78 is 0. The molecule has 6 nitrogen and oxygen atoms in total. The Balaban J connectivity index is 2.38. The Hall–Kier alpha value is -1.14. The van der Waals surface area contributed by atoms with E-state index in [1.807, 2.05) is 20.9 Å². The first-order chi connectivity index (χ1) is 8.41. The Kier molecular flexibility index (Phi) is 5.55. The fourth-order valence-electron chi connectivity index (χ4n) is 1.97. The first kappa shape index (κ1) is 14.9. The summed E-state index contributed by atoms with van der Waals surface area (Å²) >= 11 is 0. The summed E-state index contributed by atoms with van der Waals surface area (Å²) in [6.07, 6.45) is 0. The Morgan fingerprint density at radius 1 is 1.22 bits per heavy atom. The number of nitrogens with one attached hydrogen (secondary N) is 1. The minimum atomic E-state index is -0.906. The van der Waals surface area contributed by atoms with Gasteiger partial charge >= 0.3 is 5.97 Å². The molecule has 1 rings (SSSR count). The van der Waals surface area contributed by atoms with Gasteiger partial charge in [-0.3, -0.25) is 14.9 Å². The van der Waals surface area contributed by atoms with Crippen LogP contribution in [0.15, 0.2) is 0 Å². The van der Waals surface area contributed by atoms with E-state index in [9.17, 15) is 9.59 Å². The van der Waals surface area contributed by atoms with Gasteiger partial charge in [0.25, 0.3) is 0 Å². The summed E-state index contributed by atoms with van der Waals surface area (Å²) in [7, 11) is 2.03. The number of likely N-dealkylation sites (N-methyl/N-ethyl adjacent to an activating group) is 1. The highest BCUT2D eigenvalue weighted by Crippen LogP contribution is 2.03. The minimum Gasteiger partial charge on any atom is -0.480 e. The molecule has 1 heterocycles. The average molecular weight is 257 g/mol. The lowest BCUT2D eigenvalue weighted by molar-refractivity contribution is -0.141. The zero-order valence-corrected chi connectivity index (χ0v) is 11.3. The highest BCUT2D eigenvalue weighted by molar-refractivity contribution is 5.80. The monoisotopic (exact) mass is 257 g/mol. The summed E-state index contributed by atoms with van der Waals surface area (Å²) in [5.74, 6) is -0.964. The first-order valence-electron chi connectivity index (χ1n) is 6.34. The van der Waals surface area contributed by atoms with Crippen molar-refractivity contribution in [2.45, 2.75) is 19.9 Å². The number of carboxylic acids is 1. The molecular formula is C12H23N3O3. The number of carboxylic acid groups (broad SMARTS) is 1. The summed E-state index contributed by atoms with van der Waals surface area (Å²) in [6, 6.07) is -0.665. The van der Waals surface area contributed by atoms with Gasteiger partial charge in [-0.25, -0.2) is 0 Å². The van der Waals surface area contributed by atoms with Crippen LogP contribution in [0.1, 0.15) is 13.8 Å². The van der Waals surface area contributed by atoms with Gasteiger partial charge in [0.15, 0.2) is 0 Å². The van der Waals surface area contributed by atoms with Crippen LogP contribution < -0.4 is 5.32 Å². The van der Waals surface area contributed by atoms with E-state index in [0.717, 1.165) is 26.2 Å². The fourth-order valence-corrected chi connectivity index (χ4v) is 1.97. The van der Waals surface area contributed by atoms with Crippen molar-refractivity contribution in [2.24, 2.45) is 5.92 Å². The van der Waals surface area contributed by atoms with Crippen molar-refractivity contribution in [1.82, 2.24) is 15.1 Å². The molecule has 104 valence electrons. The van der Waals surface area contributed by atoms with E-state index in [2.05, 4.69) is 10.2 Å². The third kappa shape index (κ3) is 4.27. The van der Waals surface area contributed by atoms with E-state index in [-0.39, 0.29) is 18.4 Å². The van der Waals surface area contributed by atoms with Crippen molar-refractivity contribution in [3.8, 4) is 0 Å². The van der Waals surface area contributed by atoms with Crippen molar-refractivity contribution in [3.63, 3.8) is 0 Å². The van der Waals surface area contributed by atoms with Crippen molar-refractivity contribution in [3.05, 3.63) is 0 Å². The van der Waals surface area contributed by atoms with E-state index in [1.54, 1.807) is 4.90 Å². The zero-order valence-electron chi connectivity index (χ0n) is 11.3. The average Bonchev–Trinajstić information content (AvgIpc) is 2.28. The minimum absolute atomic E-state index is 0.0185. The number of carbonyl (C=O) groups excluding carboxylic acids is 1. The van der Waals surface area contributed by atoms with Crippen LogP contribution in [-0.2, 0) is 9.59 Å². The van der Waals surface area contributed by atoms with E-state index < -0.39 is 12.0 Å². The standard InChI is InChI=1S/C12H23N3O3/c1-9(2)11(12(17)18)13-8-10(16)15-6-4-14(3)5-7-15/h9,11,13H,4-8H2,1-3H3,(H,17,18)/t11-/m0/s1. The molecule has 2 N–H and O–H groups in total. The predicted molar refractivity (Wildman–Crippen MR) is 68.3 cm³/mol. The highest BCUT2D eigenvalue weighted by atomic mass is 16.4. The molecule has 0 unspecified atom stereocenters. The van der Waals surface area contributed by atoms with Gasteiger partial charge in [-0.1, -0.05) is 13.8 Å². The lowest BCUT2D eigenvalue weighted by atomic mass is 10.1. The highest BCUT2D eigenvalue weighted by Gasteiger charge is 2.24. The number of carbonyl (C=O) groups is 2. The van der Waals surface area contributed by atoms with Crippen LogP contribution in [0.4, 0.5) is 0 Å². The topological polar surface area (TPSA) is 72.9 Å². The second-order valence-electron chi connectivity index (χ2n) is 5.12. The molecule has 1 atom stereocenters. The third-order valence-electron chi connectivity index (χ3n) is 3.26. The smallest absolute Gasteiger partial charge is 0.320 e. The fraction of sp³-hybridized carbons (Fsp3) is 0.833. The Morgan fingerprint density at radius 3 is 2.22 bits per heavy atom. The van der Waals surface area contributed by atoms with Crippen molar-refractivity contribution >= 4 is 11.9 Å². The van der Waals surface area contributed by atoms with Crippen LogP contribution in [0.25, 0.3) is 0 Å². The van der Waals surface area contributed by atoms with Gasteiger partial charge in [0.2, 0.25) is 5.91 Å². The molecule has 1 fully saturated rings. The van der Waals surface area contributed by atoms with E-state index >= 15 is 0 Å². The van der Waals surface area contributed by atoms with E-state index in [4.69, 9.17) is 5.11 Å². The molecular weight excluding hydrogens is 234 g/mol. The normalized spacial score (nSPS) is 19.0. The first-order valence-corrected chi connectivity index (χ1v) is 6.34. The van der Waals surface area contributed by atoms with Gasteiger partial charge in [0.1, 0.15) is 6.04 Å². The Morgan fingerprint density at radius 2 is 1.78 bits per heavy atom. The molecule has 18 heavy (non-hydrogen) atoms. The van der Waals surface area contributed by atoms with Crippen molar-refractivity contribution in [2.75, 3.05) is 39.8 Å². The maximum absolute atomic E-state index is 11.9. The van der Waals surface area contributed by atoms with E-state index in [0.29, 0.717) is 0 Å². The van der Waals surface area contributed by atoms with Crippen LogP contribution in [-0.4, -0.2) is 72.6 Å². The second-order valence-corrected chi connectivity index (χ2v) is 5.12. The number of rotatable bonds is 5. The summed E-state index contributed by atoms with van der Waals surface area (Å²) in [4.78, 5) is 26.8. The SMILES string of the molecule is CC(C)[C@H](NCC(=O)N1CCN(C)CC1)C(=O)O. The second kappa shape index (κ2) is 6.70. The van der Waals surface area contributed by atoms with Crippen LogP contribution in [0.2, 0.25) is 0 Å². The molecule has 1 amide bonds. The lowest BCUT2D eigenvalue weighted by Crippen LogP contribution is -2.52. The molecule has 0 aromatic carbocycles. The van der Waals surface area contributed by atoms with Gasteiger partial charge in [0.05, 0.1) is 6.54 Å². The molecule has 0 saturated carbocycles. The number of nitrogens with zero attached hydrogens (tertiary/aromatic N) is 2. The van der Waals surface area contributed by atoms with Gasteiger partial charge in [-0.15, -0.1) is 0 Å². The molecule has 1 aliphatic heterocycles. The lowest BCUT2D eigenvalue weighted by Gasteiger charge is -2.32. The molecule has 6 heteroatoms. The Bertz CT molecular complexity index is 299. The number of hydrogen-bond donors (Lipinski definition) is 2. The molecule has 0 aromatic rings. The maximum atomic E-state index is 11.9. The predicted octanol–water partition coefficient (Wildman–Crippen LogP) is -0.541. The molecule has 1 saturated heterocycles. The molecule has 1 aliphatic rings. The van der Waals surface area contributed by atoms with Crippen molar-refractivity contribution < 1.29 is 14.7 Å². The van der Waals surface area contributed by atoms with Gasteiger partial charge < -0.3 is 14.9 Å². The van der Waals surface area contributed by atoms with Gasteiger partial charge in [-0.2, -0.15) is 0 Å². The van der Waals surface area contributed by atoms with Crippen LogP contribution >= 0.6 is 0 Å². The van der Waals surface area contributed by atoms with Gasteiger partial charge in [0, 0.05) is 26.2 Å². The quantitative estimate of drug-likeness (QED) is 0.692. The van der Waals surface area contributed by atoms with Gasteiger partial charge in [-0.05, 0) is 13.0 Å². The largest absolute Gasteiger partial charge is 0.480 e. The molecule has 0 aliphatic carbocycles. The molecule has 0 aromatic heterocycles. The van der Waals surface area contributed by atoms with E-state index in [1.165, 1.54) is 0 Å². The summed E-state index contributed by atoms with van der Waals surface area (Å²) in [5, 5.41) is 11.8. The van der Waals surface area contributed by atoms with Crippen LogP contribution in [0.3, 0.4) is 0 Å². The summed E-state index contributed by atoms with van der Waals surface area (Å²) in [5.41, 5.74) is 0. The number of piperazine rings is 1. The summed E-state index contributed by atoms with van der Waals surface area (Å²) in [6.45, 7) is 6.93. The number of aliphatic carboxylic acids is 1. The maximum Gasteiger partial charge on any atom is 0.320 e. The molecule has 0 radical (unpaired) electrons. The van der Waals surface area contributed by atoms with Crippen LogP contribution in [0.5, 0.6) is 0 Å². The Labute approximate surface area is 108 Å². The molecule has 0 bridgehead atoms.